The number of hydrogen-bond donors (Lipinski definition) is 1. The van der Waals surface area contributed by atoms with E-state index in [1.165, 1.54) is 14.2 Å². The summed E-state index contributed by atoms with van der Waals surface area (Å²) in [6, 6.07) is 3.22. The lowest BCUT2D eigenvalue weighted by atomic mass is 10.1. The van der Waals surface area contributed by atoms with Gasteiger partial charge in [-0.15, -0.1) is 0 Å². The van der Waals surface area contributed by atoms with Gasteiger partial charge in [0, 0.05) is 18.4 Å². The van der Waals surface area contributed by atoms with E-state index in [9.17, 15) is 8.42 Å². The number of benzene rings is 1. The molecule has 0 aliphatic rings. The molecule has 18 heavy (non-hydrogen) atoms. The smallest absolute Gasteiger partial charge is 0.179 e. The second-order valence-corrected chi connectivity index (χ2v) is 5.58. The maximum absolute atomic E-state index is 11.9. The molecule has 0 saturated carbocycles. The number of methoxy groups -OCH3 is 2. The van der Waals surface area contributed by atoms with Crippen molar-refractivity contribution in [3.63, 3.8) is 0 Å². The monoisotopic (exact) mass is 271 g/mol. The van der Waals surface area contributed by atoms with E-state index < -0.39 is 9.84 Å². The highest BCUT2D eigenvalue weighted by atomic mass is 32.2. The molecule has 2 N–H and O–H groups in total. The van der Waals surface area contributed by atoms with Crippen LogP contribution in [0.4, 0.5) is 0 Å². The van der Waals surface area contributed by atoms with Crippen molar-refractivity contribution >= 4 is 15.9 Å². The Morgan fingerprint density at radius 3 is 2.22 bits per heavy atom. The van der Waals surface area contributed by atoms with Crippen molar-refractivity contribution in [2.75, 3.05) is 27.0 Å². The van der Waals surface area contributed by atoms with Crippen LogP contribution in [0.15, 0.2) is 23.1 Å². The highest BCUT2D eigenvalue weighted by Crippen LogP contribution is 2.35. The van der Waals surface area contributed by atoms with Crippen molar-refractivity contribution in [1.82, 2.24) is 0 Å². The summed E-state index contributed by atoms with van der Waals surface area (Å²) in [7, 11) is -0.533. The van der Waals surface area contributed by atoms with E-state index in [4.69, 9.17) is 15.2 Å². The molecule has 0 atom stereocenters. The molecule has 0 saturated heterocycles. The van der Waals surface area contributed by atoms with Gasteiger partial charge in [0.05, 0.1) is 14.2 Å². The minimum absolute atomic E-state index is 0.106. The van der Waals surface area contributed by atoms with Crippen LogP contribution in [-0.2, 0) is 9.84 Å². The zero-order valence-corrected chi connectivity index (χ0v) is 11.5. The van der Waals surface area contributed by atoms with Crippen molar-refractivity contribution in [2.45, 2.75) is 4.90 Å². The first-order valence-electron chi connectivity index (χ1n) is 5.27. The molecule has 0 aliphatic carbocycles. The fourth-order valence-electron chi connectivity index (χ4n) is 1.63. The van der Waals surface area contributed by atoms with Gasteiger partial charge in [0.25, 0.3) is 0 Å². The lowest BCUT2D eigenvalue weighted by Crippen LogP contribution is -2.05. The van der Waals surface area contributed by atoms with Gasteiger partial charge < -0.3 is 15.2 Å². The summed E-state index contributed by atoms with van der Waals surface area (Å²) in [4.78, 5) is 0.106. The molecule has 1 rings (SSSR count). The highest BCUT2D eigenvalue weighted by molar-refractivity contribution is 7.90. The minimum atomic E-state index is -3.44. The van der Waals surface area contributed by atoms with E-state index in [1.807, 2.05) is 0 Å². The Morgan fingerprint density at radius 1 is 1.22 bits per heavy atom. The molecule has 0 radical (unpaired) electrons. The number of ether oxygens (including phenoxy) is 2. The Hall–Kier alpha value is -1.53. The average Bonchev–Trinajstić information content (AvgIpc) is 2.33. The first-order valence-corrected chi connectivity index (χ1v) is 7.16. The molecule has 6 heteroatoms. The predicted octanol–water partition coefficient (Wildman–Crippen LogP) is 1.08. The third-order valence-corrected chi connectivity index (χ3v) is 3.51. The van der Waals surface area contributed by atoms with Gasteiger partial charge in [-0.1, -0.05) is 12.2 Å². The quantitative estimate of drug-likeness (QED) is 0.867. The fourth-order valence-corrected chi connectivity index (χ4v) is 2.71. The normalized spacial score (nSPS) is 11.8. The molecule has 1 aromatic rings. The lowest BCUT2D eigenvalue weighted by Gasteiger charge is -2.13. The van der Waals surface area contributed by atoms with Gasteiger partial charge in [-0.2, -0.15) is 0 Å². The van der Waals surface area contributed by atoms with Crippen LogP contribution >= 0.6 is 0 Å². The zero-order chi connectivity index (χ0) is 13.8. The second-order valence-electron chi connectivity index (χ2n) is 3.62. The molecular weight excluding hydrogens is 254 g/mol. The molecule has 0 aliphatic heterocycles. The molecule has 0 unspecified atom stereocenters. The highest BCUT2D eigenvalue weighted by Gasteiger charge is 2.21. The Bertz CT molecular complexity index is 549. The fraction of sp³-hybridized carbons (Fsp3) is 0.333. The Kier molecular flexibility index (Phi) is 4.75. The van der Waals surface area contributed by atoms with E-state index in [-0.39, 0.29) is 10.6 Å². The Labute approximate surface area is 107 Å². The number of hydrogen-bond acceptors (Lipinski definition) is 5. The summed E-state index contributed by atoms with van der Waals surface area (Å²) in [6.45, 7) is 0.309. The van der Waals surface area contributed by atoms with Crippen molar-refractivity contribution in [3.8, 4) is 11.5 Å². The van der Waals surface area contributed by atoms with Crippen molar-refractivity contribution in [1.29, 1.82) is 0 Å². The van der Waals surface area contributed by atoms with Crippen LogP contribution in [0.3, 0.4) is 0 Å². The van der Waals surface area contributed by atoms with Gasteiger partial charge in [0.15, 0.2) is 9.84 Å². The summed E-state index contributed by atoms with van der Waals surface area (Å²) < 4.78 is 34.0. The summed E-state index contributed by atoms with van der Waals surface area (Å²) in [5.74, 6) is 0.746. The molecule has 0 heterocycles. The maximum atomic E-state index is 11.9. The van der Waals surface area contributed by atoms with E-state index in [2.05, 4.69) is 0 Å². The van der Waals surface area contributed by atoms with Gasteiger partial charge in [-0.05, 0) is 12.1 Å². The van der Waals surface area contributed by atoms with Crippen LogP contribution in [0.5, 0.6) is 11.5 Å². The van der Waals surface area contributed by atoms with E-state index in [0.717, 1.165) is 6.26 Å². The standard InChI is InChI=1S/C12H17NO4S/c1-16-10-6-7-11(17-2)12(18(3,14)15)9(10)5-4-8-13/h4-7H,8,13H2,1-3H3/b5-4+. The third-order valence-electron chi connectivity index (χ3n) is 2.35. The topological polar surface area (TPSA) is 78.6 Å². The van der Waals surface area contributed by atoms with Gasteiger partial charge in [0.1, 0.15) is 16.4 Å². The number of nitrogens with two attached hydrogens (primary N) is 1. The molecule has 0 bridgehead atoms. The van der Waals surface area contributed by atoms with Crippen LogP contribution in [-0.4, -0.2) is 35.4 Å². The summed E-state index contributed by atoms with van der Waals surface area (Å²) in [5, 5.41) is 0. The van der Waals surface area contributed by atoms with Crippen LogP contribution in [0.2, 0.25) is 0 Å². The van der Waals surface area contributed by atoms with E-state index >= 15 is 0 Å². The SMILES string of the molecule is COc1ccc(OC)c(S(C)(=O)=O)c1/C=C/CN. The molecule has 1 aromatic carbocycles. The van der Waals surface area contributed by atoms with Crippen LogP contribution in [0, 0.1) is 0 Å². The van der Waals surface area contributed by atoms with Gasteiger partial charge in [-0.25, -0.2) is 8.42 Å². The molecular formula is C12H17NO4S. The average molecular weight is 271 g/mol. The number of sulfone groups is 1. The van der Waals surface area contributed by atoms with E-state index in [0.29, 0.717) is 17.9 Å². The molecule has 0 amide bonds. The third kappa shape index (κ3) is 3.02. The van der Waals surface area contributed by atoms with Crippen molar-refractivity contribution in [3.05, 3.63) is 23.8 Å². The molecule has 0 spiro atoms. The summed E-state index contributed by atoms with van der Waals surface area (Å²) in [5.41, 5.74) is 5.84. The van der Waals surface area contributed by atoms with Crippen molar-refractivity contribution in [2.24, 2.45) is 5.73 Å². The van der Waals surface area contributed by atoms with Crippen molar-refractivity contribution < 1.29 is 17.9 Å². The van der Waals surface area contributed by atoms with Crippen LogP contribution in [0.25, 0.3) is 6.08 Å². The second kappa shape index (κ2) is 5.88. The largest absolute Gasteiger partial charge is 0.496 e. The molecule has 0 fully saturated rings. The molecule has 0 aromatic heterocycles. The number of rotatable bonds is 5. The zero-order valence-electron chi connectivity index (χ0n) is 10.6. The first-order chi connectivity index (χ1) is 8.45. The lowest BCUT2D eigenvalue weighted by molar-refractivity contribution is 0.391. The van der Waals surface area contributed by atoms with Gasteiger partial charge >= 0.3 is 0 Å². The Balaban J connectivity index is 3.64. The van der Waals surface area contributed by atoms with Crippen LogP contribution in [0.1, 0.15) is 5.56 Å². The maximum Gasteiger partial charge on any atom is 0.179 e. The summed E-state index contributed by atoms with van der Waals surface area (Å²) in [6.07, 6.45) is 4.41. The van der Waals surface area contributed by atoms with Gasteiger partial charge in [0.2, 0.25) is 0 Å². The summed E-state index contributed by atoms with van der Waals surface area (Å²) >= 11 is 0. The van der Waals surface area contributed by atoms with Gasteiger partial charge in [-0.3, -0.25) is 0 Å². The Morgan fingerprint density at radius 2 is 1.78 bits per heavy atom. The van der Waals surface area contributed by atoms with E-state index in [1.54, 1.807) is 24.3 Å². The predicted molar refractivity (Wildman–Crippen MR) is 70.7 cm³/mol. The molecule has 5 nitrogen and oxygen atoms in total. The molecule has 100 valence electrons. The van der Waals surface area contributed by atoms with Crippen LogP contribution < -0.4 is 15.2 Å². The minimum Gasteiger partial charge on any atom is -0.496 e. The first kappa shape index (κ1) is 14.5.